The SMILES string of the molecule is Cc1ccc2c(c1)c1ccccc1n2-c1ccc2oc3ccc(-c4ccc5oc6ccc(-n7c8ccccc8c8cc(C(C)(C)C)ccc87)cc6c5c4)cc3c2c1. The predicted molar refractivity (Wildman–Crippen MR) is 239 cm³/mol. The molecule has 272 valence electrons. The molecule has 0 atom stereocenters. The molecule has 4 heterocycles. The van der Waals surface area contributed by atoms with E-state index in [-0.39, 0.29) is 5.41 Å². The molecule has 0 aliphatic rings. The van der Waals surface area contributed by atoms with Gasteiger partial charge in [-0.3, -0.25) is 0 Å². The fraction of sp³-hybridized carbons (Fsp3) is 0.0943. The summed E-state index contributed by atoms with van der Waals surface area (Å²) in [5.41, 5.74) is 15.5. The van der Waals surface area contributed by atoms with Crippen LogP contribution < -0.4 is 0 Å². The number of para-hydroxylation sites is 2. The van der Waals surface area contributed by atoms with Gasteiger partial charge in [0.25, 0.3) is 0 Å². The first-order valence-electron chi connectivity index (χ1n) is 19.7. The third kappa shape index (κ3) is 4.74. The van der Waals surface area contributed by atoms with Crippen LogP contribution >= 0.6 is 0 Å². The third-order valence-electron chi connectivity index (χ3n) is 12.1. The molecule has 0 N–H and O–H groups in total. The highest BCUT2D eigenvalue weighted by molar-refractivity contribution is 6.13. The van der Waals surface area contributed by atoms with Crippen molar-refractivity contribution >= 4 is 87.5 Å². The highest BCUT2D eigenvalue weighted by atomic mass is 16.3. The Bertz CT molecular complexity index is 3640. The molecule has 0 radical (unpaired) electrons. The van der Waals surface area contributed by atoms with Crippen LogP contribution in [0.5, 0.6) is 0 Å². The van der Waals surface area contributed by atoms with Gasteiger partial charge in [-0.25, -0.2) is 0 Å². The van der Waals surface area contributed by atoms with Gasteiger partial charge in [-0.15, -0.1) is 0 Å². The number of benzene rings is 8. The van der Waals surface area contributed by atoms with Crippen LogP contribution in [0.2, 0.25) is 0 Å². The highest BCUT2D eigenvalue weighted by Crippen LogP contribution is 2.40. The number of aromatic nitrogens is 2. The van der Waals surface area contributed by atoms with Gasteiger partial charge in [-0.1, -0.05) is 87.0 Å². The van der Waals surface area contributed by atoms with Crippen LogP contribution in [0.25, 0.3) is 110 Å². The van der Waals surface area contributed by atoms with Crippen molar-refractivity contribution in [1.82, 2.24) is 9.13 Å². The van der Waals surface area contributed by atoms with E-state index in [0.717, 1.165) is 66.4 Å². The van der Waals surface area contributed by atoms with E-state index in [1.165, 1.54) is 54.7 Å². The van der Waals surface area contributed by atoms with Gasteiger partial charge in [0, 0.05) is 54.5 Å². The first-order chi connectivity index (χ1) is 27.8. The van der Waals surface area contributed by atoms with Crippen LogP contribution in [-0.4, -0.2) is 9.13 Å². The van der Waals surface area contributed by atoms with Crippen molar-refractivity contribution in [3.63, 3.8) is 0 Å². The van der Waals surface area contributed by atoms with Gasteiger partial charge >= 0.3 is 0 Å². The van der Waals surface area contributed by atoms with Gasteiger partial charge in [-0.05, 0) is 126 Å². The van der Waals surface area contributed by atoms with Crippen molar-refractivity contribution < 1.29 is 8.83 Å². The van der Waals surface area contributed by atoms with E-state index in [9.17, 15) is 0 Å². The molecule has 0 bridgehead atoms. The average Bonchev–Trinajstić information content (AvgIpc) is 3.97. The van der Waals surface area contributed by atoms with Gasteiger partial charge in [0.05, 0.1) is 22.1 Å². The lowest BCUT2D eigenvalue weighted by atomic mass is 9.86. The lowest BCUT2D eigenvalue weighted by Crippen LogP contribution is -2.10. The monoisotopic (exact) mass is 734 g/mol. The Morgan fingerprint density at radius 3 is 1.33 bits per heavy atom. The maximum absolute atomic E-state index is 6.45. The minimum absolute atomic E-state index is 0.0642. The predicted octanol–water partition coefficient (Wildman–Crippen LogP) is 15.0. The molecule has 12 rings (SSSR count). The fourth-order valence-electron chi connectivity index (χ4n) is 9.25. The van der Waals surface area contributed by atoms with E-state index >= 15 is 0 Å². The third-order valence-corrected chi connectivity index (χ3v) is 12.1. The molecule has 4 heteroatoms. The smallest absolute Gasteiger partial charge is 0.135 e. The number of hydrogen-bond donors (Lipinski definition) is 0. The van der Waals surface area contributed by atoms with Crippen molar-refractivity contribution in [2.24, 2.45) is 0 Å². The molecule has 0 spiro atoms. The zero-order chi connectivity index (χ0) is 38.2. The molecule has 8 aromatic carbocycles. The van der Waals surface area contributed by atoms with E-state index in [0.29, 0.717) is 0 Å². The molecule has 4 aromatic heterocycles. The van der Waals surface area contributed by atoms with Gasteiger partial charge in [0.1, 0.15) is 22.3 Å². The molecule has 4 nitrogen and oxygen atoms in total. The molecule has 0 aliphatic carbocycles. The normalized spacial score (nSPS) is 12.6. The molecule has 0 unspecified atom stereocenters. The summed E-state index contributed by atoms with van der Waals surface area (Å²) in [7, 11) is 0. The fourth-order valence-corrected chi connectivity index (χ4v) is 9.25. The van der Waals surface area contributed by atoms with Crippen molar-refractivity contribution in [2.75, 3.05) is 0 Å². The molecule has 0 saturated carbocycles. The summed E-state index contributed by atoms with van der Waals surface area (Å²) >= 11 is 0. The van der Waals surface area contributed by atoms with Gasteiger partial charge in [0.15, 0.2) is 0 Å². The largest absolute Gasteiger partial charge is 0.456 e. The number of rotatable bonds is 3. The number of nitrogens with zero attached hydrogens (tertiary/aromatic N) is 2. The first-order valence-corrected chi connectivity index (χ1v) is 19.7. The van der Waals surface area contributed by atoms with Crippen LogP contribution in [0.3, 0.4) is 0 Å². The Hall–Kier alpha value is -7.04. The molecule has 0 saturated heterocycles. The van der Waals surface area contributed by atoms with Crippen LogP contribution in [0.15, 0.2) is 167 Å². The lowest BCUT2D eigenvalue weighted by molar-refractivity contribution is 0.591. The van der Waals surface area contributed by atoms with Crippen LogP contribution in [-0.2, 0) is 5.41 Å². The molecule has 0 amide bonds. The zero-order valence-electron chi connectivity index (χ0n) is 32.2. The molecule has 0 aliphatic heterocycles. The van der Waals surface area contributed by atoms with E-state index in [1.54, 1.807) is 0 Å². The summed E-state index contributed by atoms with van der Waals surface area (Å²) < 4.78 is 17.6. The Labute approximate surface area is 328 Å². The Balaban J connectivity index is 0.997. The maximum Gasteiger partial charge on any atom is 0.135 e. The minimum Gasteiger partial charge on any atom is -0.456 e. The van der Waals surface area contributed by atoms with E-state index in [4.69, 9.17) is 8.83 Å². The second-order valence-electron chi connectivity index (χ2n) is 16.7. The lowest BCUT2D eigenvalue weighted by Gasteiger charge is -2.19. The molecule has 57 heavy (non-hydrogen) atoms. The standard InChI is InChI=1S/C53H38N2O2/c1-31-13-19-47-39(25-31)37-9-5-7-11-45(37)54(47)35-17-23-51-43(29-35)41-26-32(14-21-49(41)56-51)33-15-22-50-42(27-33)44-30-36(18-24-52(44)57-50)55-46-12-8-6-10-38(46)40-28-34(53(2,3)4)16-20-48(40)55/h5-30H,1-4H3. The molecule has 0 fully saturated rings. The van der Waals surface area contributed by atoms with Gasteiger partial charge in [-0.2, -0.15) is 0 Å². The quantitative estimate of drug-likeness (QED) is 0.181. The highest BCUT2D eigenvalue weighted by Gasteiger charge is 2.20. The summed E-state index contributed by atoms with van der Waals surface area (Å²) in [5.74, 6) is 0. The minimum atomic E-state index is 0.0642. The van der Waals surface area contributed by atoms with E-state index in [2.05, 4.69) is 195 Å². The van der Waals surface area contributed by atoms with Crippen LogP contribution in [0.4, 0.5) is 0 Å². The van der Waals surface area contributed by atoms with Crippen molar-refractivity contribution in [3.8, 4) is 22.5 Å². The zero-order valence-corrected chi connectivity index (χ0v) is 32.2. The molecule has 12 aromatic rings. The number of fused-ring (bicyclic) bond motifs is 12. The number of hydrogen-bond acceptors (Lipinski definition) is 2. The summed E-state index contributed by atoms with van der Waals surface area (Å²) in [6.07, 6.45) is 0. The van der Waals surface area contributed by atoms with Crippen molar-refractivity contribution in [1.29, 1.82) is 0 Å². The van der Waals surface area contributed by atoms with Gasteiger partial charge < -0.3 is 18.0 Å². The maximum atomic E-state index is 6.45. The van der Waals surface area contributed by atoms with Crippen LogP contribution in [0.1, 0.15) is 31.9 Å². The Morgan fingerprint density at radius 1 is 0.368 bits per heavy atom. The summed E-state index contributed by atoms with van der Waals surface area (Å²) in [4.78, 5) is 0. The number of aryl methyl sites for hydroxylation is 1. The number of furan rings is 2. The average molecular weight is 735 g/mol. The summed E-state index contributed by atoms with van der Waals surface area (Å²) in [6.45, 7) is 8.99. The van der Waals surface area contributed by atoms with Gasteiger partial charge in [0.2, 0.25) is 0 Å². The van der Waals surface area contributed by atoms with E-state index < -0.39 is 0 Å². The van der Waals surface area contributed by atoms with Crippen LogP contribution in [0, 0.1) is 6.92 Å². The molecular formula is C53H38N2O2. The topological polar surface area (TPSA) is 36.1 Å². The van der Waals surface area contributed by atoms with E-state index in [1.807, 2.05) is 0 Å². The first kappa shape index (κ1) is 32.2. The summed E-state index contributed by atoms with van der Waals surface area (Å²) in [5, 5.41) is 9.46. The second-order valence-corrected chi connectivity index (χ2v) is 16.7. The molecular weight excluding hydrogens is 697 g/mol. The second kappa shape index (κ2) is 11.5. The summed E-state index contributed by atoms with van der Waals surface area (Å²) in [6, 6.07) is 57.4. The van der Waals surface area contributed by atoms with Crippen molar-refractivity contribution in [3.05, 3.63) is 169 Å². The van der Waals surface area contributed by atoms with Crippen molar-refractivity contribution in [2.45, 2.75) is 33.1 Å². The Kier molecular flexibility index (Phi) is 6.50. The Morgan fingerprint density at radius 2 is 0.807 bits per heavy atom.